The van der Waals surface area contributed by atoms with Gasteiger partial charge in [0, 0.05) is 18.1 Å². The van der Waals surface area contributed by atoms with Gasteiger partial charge in [-0.1, -0.05) is 16.8 Å². The Morgan fingerprint density at radius 1 is 1.43 bits per heavy atom. The number of hydrogen-bond acceptors (Lipinski definition) is 5. The third kappa shape index (κ3) is 4.00. The van der Waals surface area contributed by atoms with Gasteiger partial charge in [0.05, 0.1) is 12.8 Å². The average molecular weight is 338 g/mol. The van der Waals surface area contributed by atoms with E-state index in [9.17, 15) is 4.79 Å². The summed E-state index contributed by atoms with van der Waals surface area (Å²) in [7, 11) is 5.45. The Morgan fingerprint density at radius 3 is 2.83 bits per heavy atom. The molecule has 0 atom stereocenters. The number of rotatable bonds is 6. The van der Waals surface area contributed by atoms with E-state index < -0.39 is 0 Å². The third-order valence-corrected chi connectivity index (χ3v) is 3.56. The molecule has 1 N–H and O–H groups in total. The van der Waals surface area contributed by atoms with Crippen LogP contribution in [-0.2, 0) is 0 Å². The highest BCUT2D eigenvalue weighted by Gasteiger charge is 2.19. The highest BCUT2D eigenvalue weighted by atomic mass is 35.5. The highest BCUT2D eigenvalue weighted by molar-refractivity contribution is 6.30. The summed E-state index contributed by atoms with van der Waals surface area (Å²) in [5.74, 6) is 0.346. The molecule has 23 heavy (non-hydrogen) atoms. The Labute approximate surface area is 140 Å². The van der Waals surface area contributed by atoms with Crippen LogP contribution in [-0.4, -0.2) is 60.1 Å². The molecule has 7 nitrogen and oxygen atoms in total. The van der Waals surface area contributed by atoms with Gasteiger partial charge >= 0.3 is 0 Å². The molecular weight excluding hydrogens is 318 g/mol. The zero-order valence-corrected chi connectivity index (χ0v) is 14.4. The van der Waals surface area contributed by atoms with Gasteiger partial charge in [-0.3, -0.25) is 4.79 Å². The normalized spacial score (nSPS) is 10.9. The molecule has 0 unspecified atom stereocenters. The summed E-state index contributed by atoms with van der Waals surface area (Å²) < 4.78 is 6.86. The van der Waals surface area contributed by atoms with E-state index in [4.69, 9.17) is 16.3 Å². The van der Waals surface area contributed by atoms with Gasteiger partial charge in [0.25, 0.3) is 5.91 Å². The number of methoxy groups -OCH3 is 1. The fourth-order valence-electron chi connectivity index (χ4n) is 2.07. The van der Waals surface area contributed by atoms with Gasteiger partial charge in [-0.25, -0.2) is 4.68 Å². The lowest BCUT2D eigenvalue weighted by Gasteiger charge is -2.11. The van der Waals surface area contributed by atoms with Crippen molar-refractivity contribution >= 4 is 17.5 Å². The van der Waals surface area contributed by atoms with Crippen LogP contribution in [0.4, 0.5) is 0 Å². The van der Waals surface area contributed by atoms with Crippen LogP contribution in [0.5, 0.6) is 5.75 Å². The van der Waals surface area contributed by atoms with Crippen molar-refractivity contribution in [2.75, 3.05) is 34.3 Å². The standard InChI is InChI=1S/C15H20ClN5O2/c1-10-14(15(22)17-7-8-20(2)3)18-19-21(10)12-9-11(16)5-6-13(12)23-4/h5-6,9H,7-8H2,1-4H3,(H,17,22). The Bertz CT molecular complexity index is 699. The lowest BCUT2D eigenvalue weighted by atomic mass is 10.2. The molecule has 8 heteroatoms. The molecule has 0 aliphatic carbocycles. The first-order chi connectivity index (χ1) is 10.9. The summed E-state index contributed by atoms with van der Waals surface area (Å²) >= 11 is 6.04. The van der Waals surface area contributed by atoms with Crippen molar-refractivity contribution in [3.8, 4) is 11.4 Å². The molecule has 0 saturated heterocycles. The third-order valence-electron chi connectivity index (χ3n) is 3.32. The maximum absolute atomic E-state index is 12.2. The van der Waals surface area contributed by atoms with Crippen LogP contribution in [0.1, 0.15) is 16.2 Å². The van der Waals surface area contributed by atoms with Gasteiger partial charge in [0.1, 0.15) is 11.4 Å². The molecule has 0 bridgehead atoms. The number of benzene rings is 1. The van der Waals surface area contributed by atoms with Crippen LogP contribution in [0, 0.1) is 6.92 Å². The van der Waals surface area contributed by atoms with E-state index in [1.165, 1.54) is 0 Å². The number of ether oxygens (including phenoxy) is 1. The maximum Gasteiger partial charge on any atom is 0.273 e. The van der Waals surface area contributed by atoms with E-state index in [1.807, 2.05) is 19.0 Å². The number of halogens is 1. The molecule has 1 aromatic heterocycles. The van der Waals surface area contributed by atoms with E-state index in [0.717, 1.165) is 6.54 Å². The fraction of sp³-hybridized carbons (Fsp3) is 0.400. The quantitative estimate of drug-likeness (QED) is 0.865. The van der Waals surface area contributed by atoms with Crippen LogP contribution >= 0.6 is 11.6 Å². The number of likely N-dealkylation sites (N-methyl/N-ethyl adjacent to an activating group) is 1. The number of carbonyl (C=O) groups excluding carboxylic acids is 1. The molecule has 0 aliphatic rings. The van der Waals surface area contributed by atoms with Gasteiger partial charge in [-0.2, -0.15) is 0 Å². The van der Waals surface area contributed by atoms with Gasteiger partial charge < -0.3 is 15.0 Å². The first-order valence-corrected chi connectivity index (χ1v) is 7.51. The monoisotopic (exact) mass is 337 g/mol. The summed E-state index contributed by atoms with van der Waals surface area (Å²) in [5.41, 5.74) is 1.54. The van der Waals surface area contributed by atoms with Crippen molar-refractivity contribution in [2.45, 2.75) is 6.92 Å². The predicted molar refractivity (Wildman–Crippen MR) is 88.5 cm³/mol. The van der Waals surface area contributed by atoms with E-state index in [-0.39, 0.29) is 11.6 Å². The summed E-state index contributed by atoms with van der Waals surface area (Å²) in [6.07, 6.45) is 0. The maximum atomic E-state index is 12.2. The Balaban J connectivity index is 2.26. The smallest absolute Gasteiger partial charge is 0.273 e. The minimum Gasteiger partial charge on any atom is -0.494 e. The molecule has 0 spiro atoms. The van der Waals surface area contributed by atoms with Crippen molar-refractivity contribution in [1.29, 1.82) is 0 Å². The first kappa shape index (κ1) is 17.2. The van der Waals surface area contributed by atoms with Crippen molar-refractivity contribution < 1.29 is 9.53 Å². The highest BCUT2D eigenvalue weighted by Crippen LogP contribution is 2.27. The molecule has 0 radical (unpaired) electrons. The molecule has 0 saturated carbocycles. The largest absolute Gasteiger partial charge is 0.494 e. The molecule has 1 heterocycles. The summed E-state index contributed by atoms with van der Waals surface area (Å²) in [4.78, 5) is 14.2. The second-order valence-electron chi connectivity index (χ2n) is 5.31. The minimum absolute atomic E-state index is 0.253. The number of nitrogens with one attached hydrogen (secondary N) is 1. The van der Waals surface area contributed by atoms with Gasteiger partial charge in [0.2, 0.25) is 0 Å². The predicted octanol–water partition coefficient (Wildman–Crippen LogP) is 1.53. The molecule has 1 amide bonds. The lowest BCUT2D eigenvalue weighted by Crippen LogP contribution is -2.31. The number of aromatic nitrogens is 3. The van der Waals surface area contributed by atoms with Crippen molar-refractivity contribution in [1.82, 2.24) is 25.2 Å². The second-order valence-corrected chi connectivity index (χ2v) is 5.75. The van der Waals surface area contributed by atoms with Crippen molar-refractivity contribution in [3.63, 3.8) is 0 Å². The number of amides is 1. The molecule has 0 aliphatic heterocycles. The van der Waals surface area contributed by atoms with Crippen molar-refractivity contribution in [2.24, 2.45) is 0 Å². The van der Waals surface area contributed by atoms with Crippen LogP contribution in [0.2, 0.25) is 5.02 Å². The summed E-state index contributed by atoms with van der Waals surface area (Å²) in [5, 5.41) is 11.4. The molecule has 124 valence electrons. The van der Waals surface area contributed by atoms with E-state index >= 15 is 0 Å². The Hall–Kier alpha value is -2.12. The number of carbonyl (C=O) groups is 1. The first-order valence-electron chi connectivity index (χ1n) is 7.13. The topological polar surface area (TPSA) is 72.3 Å². The molecule has 2 rings (SSSR count). The second kappa shape index (κ2) is 7.43. The molecule has 1 aromatic carbocycles. The average Bonchev–Trinajstić information content (AvgIpc) is 2.88. The van der Waals surface area contributed by atoms with Crippen LogP contribution in [0.15, 0.2) is 18.2 Å². The molecule has 0 fully saturated rings. The zero-order chi connectivity index (χ0) is 17.0. The Kier molecular flexibility index (Phi) is 5.57. The van der Waals surface area contributed by atoms with Gasteiger partial charge in [-0.15, -0.1) is 5.10 Å². The lowest BCUT2D eigenvalue weighted by molar-refractivity contribution is 0.0945. The van der Waals surface area contributed by atoms with E-state index in [1.54, 1.807) is 36.9 Å². The van der Waals surface area contributed by atoms with Gasteiger partial charge in [0.15, 0.2) is 5.69 Å². The SMILES string of the molecule is COc1ccc(Cl)cc1-n1nnc(C(=O)NCCN(C)C)c1C. The van der Waals surface area contributed by atoms with E-state index in [2.05, 4.69) is 15.6 Å². The summed E-state index contributed by atoms with van der Waals surface area (Å²) in [6, 6.07) is 5.19. The number of hydrogen-bond donors (Lipinski definition) is 1. The zero-order valence-electron chi connectivity index (χ0n) is 13.6. The Morgan fingerprint density at radius 2 is 2.17 bits per heavy atom. The molecule has 2 aromatic rings. The van der Waals surface area contributed by atoms with Gasteiger partial charge in [-0.05, 0) is 39.2 Å². The summed E-state index contributed by atoms with van der Waals surface area (Å²) in [6.45, 7) is 3.07. The van der Waals surface area contributed by atoms with Crippen LogP contribution in [0.25, 0.3) is 5.69 Å². The van der Waals surface area contributed by atoms with E-state index in [0.29, 0.717) is 28.7 Å². The number of nitrogens with zero attached hydrogens (tertiary/aromatic N) is 4. The van der Waals surface area contributed by atoms with Crippen molar-refractivity contribution in [3.05, 3.63) is 34.6 Å². The van der Waals surface area contributed by atoms with Crippen LogP contribution < -0.4 is 10.1 Å². The fourth-order valence-corrected chi connectivity index (χ4v) is 2.24. The minimum atomic E-state index is -0.253. The van der Waals surface area contributed by atoms with Crippen LogP contribution in [0.3, 0.4) is 0 Å². The molecular formula is C15H20ClN5O2.